The van der Waals surface area contributed by atoms with E-state index in [0.29, 0.717) is 25.6 Å². The van der Waals surface area contributed by atoms with E-state index in [0.717, 1.165) is 13.1 Å². The molecule has 1 fully saturated rings. The summed E-state index contributed by atoms with van der Waals surface area (Å²) in [6.07, 6.45) is 1.26. The number of likely N-dealkylation sites (N-methyl/N-ethyl adjacent to an activating group) is 1. The monoisotopic (exact) mass is 221 g/mol. The highest BCUT2D eigenvalue weighted by atomic mass is 32.2. The Kier molecular flexibility index (Phi) is 3.88. The average Bonchev–Trinajstić information content (AvgIpc) is 1.94. The van der Waals surface area contributed by atoms with Gasteiger partial charge in [-0.05, 0) is 13.0 Å². The number of sulfonamides is 1. The quantitative estimate of drug-likeness (QED) is 0.631. The zero-order valence-corrected chi connectivity index (χ0v) is 9.63. The van der Waals surface area contributed by atoms with E-state index >= 15 is 0 Å². The summed E-state index contributed by atoms with van der Waals surface area (Å²) in [6, 6.07) is 0. The molecule has 0 aromatic carbocycles. The average molecular weight is 221 g/mol. The molecular formula is C8H19N3O2S. The topological polar surface area (TPSA) is 66.6 Å². The van der Waals surface area contributed by atoms with Crippen LogP contribution in [0.2, 0.25) is 0 Å². The van der Waals surface area contributed by atoms with Crippen LogP contribution in [0.15, 0.2) is 0 Å². The van der Waals surface area contributed by atoms with E-state index in [2.05, 4.69) is 4.90 Å². The van der Waals surface area contributed by atoms with E-state index < -0.39 is 10.0 Å². The highest BCUT2D eigenvalue weighted by Gasteiger charge is 2.33. The molecule has 0 radical (unpaired) electrons. The normalized spacial score (nSPS) is 20.0. The Morgan fingerprint density at radius 3 is 2.50 bits per heavy atom. The lowest BCUT2D eigenvalue weighted by Crippen LogP contribution is -2.53. The predicted molar refractivity (Wildman–Crippen MR) is 56.5 cm³/mol. The van der Waals surface area contributed by atoms with Gasteiger partial charge in [-0.3, -0.25) is 0 Å². The van der Waals surface area contributed by atoms with Crippen LogP contribution in [-0.2, 0) is 10.0 Å². The molecule has 1 saturated heterocycles. The summed E-state index contributed by atoms with van der Waals surface area (Å²) in [7, 11) is -0.947. The summed E-state index contributed by atoms with van der Waals surface area (Å²) in [5.41, 5.74) is 5.41. The molecule has 0 saturated carbocycles. The number of hydrogen-bond acceptors (Lipinski definition) is 4. The van der Waals surface area contributed by atoms with E-state index in [1.807, 2.05) is 7.05 Å². The molecule has 0 aromatic heterocycles. The van der Waals surface area contributed by atoms with E-state index in [1.165, 1.54) is 10.6 Å². The maximum absolute atomic E-state index is 11.1. The van der Waals surface area contributed by atoms with Crippen molar-refractivity contribution in [3.8, 4) is 0 Å². The van der Waals surface area contributed by atoms with Crippen molar-refractivity contribution in [1.29, 1.82) is 0 Å². The minimum Gasteiger partial charge on any atom is -0.329 e. The Morgan fingerprint density at radius 2 is 2.07 bits per heavy atom. The Labute approximate surface area is 85.9 Å². The molecule has 0 unspecified atom stereocenters. The summed E-state index contributed by atoms with van der Waals surface area (Å²) < 4.78 is 23.6. The van der Waals surface area contributed by atoms with Crippen LogP contribution in [0.25, 0.3) is 0 Å². The maximum Gasteiger partial charge on any atom is 0.211 e. The molecule has 0 atom stereocenters. The second-order valence-electron chi connectivity index (χ2n) is 4.00. The number of nitrogens with zero attached hydrogens (tertiary/aromatic N) is 2. The predicted octanol–water partition coefficient (Wildman–Crippen LogP) is -1.23. The fourth-order valence-corrected chi connectivity index (χ4v) is 2.62. The van der Waals surface area contributed by atoms with Gasteiger partial charge in [0.15, 0.2) is 0 Å². The SMILES string of the molecule is CN(CCN)CC1CN(S(C)(=O)=O)C1. The molecule has 1 aliphatic heterocycles. The first kappa shape index (κ1) is 11.9. The van der Waals surface area contributed by atoms with Gasteiger partial charge >= 0.3 is 0 Å². The van der Waals surface area contributed by atoms with Crippen molar-refractivity contribution in [2.45, 2.75) is 0 Å². The summed E-state index contributed by atoms with van der Waals surface area (Å²) in [6.45, 7) is 3.78. The van der Waals surface area contributed by atoms with Crippen molar-refractivity contribution < 1.29 is 8.42 Å². The smallest absolute Gasteiger partial charge is 0.211 e. The second kappa shape index (κ2) is 4.57. The molecule has 1 rings (SSSR count). The Morgan fingerprint density at radius 1 is 1.50 bits per heavy atom. The van der Waals surface area contributed by atoms with E-state index in [4.69, 9.17) is 5.73 Å². The summed E-state index contributed by atoms with van der Waals surface area (Å²) in [5, 5.41) is 0. The molecule has 0 bridgehead atoms. The molecule has 0 amide bonds. The van der Waals surface area contributed by atoms with Gasteiger partial charge in [-0.1, -0.05) is 0 Å². The van der Waals surface area contributed by atoms with Crippen LogP contribution in [0.1, 0.15) is 0 Å². The largest absolute Gasteiger partial charge is 0.329 e. The summed E-state index contributed by atoms with van der Waals surface area (Å²) >= 11 is 0. The van der Waals surface area contributed by atoms with Crippen molar-refractivity contribution in [1.82, 2.24) is 9.21 Å². The molecule has 0 aliphatic carbocycles. The van der Waals surface area contributed by atoms with Gasteiger partial charge in [0.05, 0.1) is 6.26 Å². The zero-order chi connectivity index (χ0) is 10.8. The Balaban J connectivity index is 2.22. The Hall–Kier alpha value is -0.170. The molecule has 14 heavy (non-hydrogen) atoms. The van der Waals surface area contributed by atoms with E-state index in [9.17, 15) is 8.42 Å². The lowest BCUT2D eigenvalue weighted by atomic mass is 10.0. The lowest BCUT2D eigenvalue weighted by Gasteiger charge is -2.39. The van der Waals surface area contributed by atoms with Crippen molar-refractivity contribution in [2.75, 3.05) is 46.0 Å². The Bertz CT molecular complexity index is 272. The highest BCUT2D eigenvalue weighted by molar-refractivity contribution is 7.88. The van der Waals surface area contributed by atoms with Crippen molar-refractivity contribution in [3.05, 3.63) is 0 Å². The third-order valence-corrected chi connectivity index (χ3v) is 3.71. The third-order valence-electron chi connectivity index (χ3n) is 2.47. The van der Waals surface area contributed by atoms with Gasteiger partial charge in [0.25, 0.3) is 0 Å². The van der Waals surface area contributed by atoms with Crippen LogP contribution < -0.4 is 5.73 Å². The van der Waals surface area contributed by atoms with Crippen LogP contribution in [0.4, 0.5) is 0 Å². The number of nitrogens with two attached hydrogens (primary N) is 1. The van der Waals surface area contributed by atoms with Crippen molar-refractivity contribution in [2.24, 2.45) is 11.7 Å². The van der Waals surface area contributed by atoms with Crippen LogP contribution in [0.5, 0.6) is 0 Å². The zero-order valence-electron chi connectivity index (χ0n) is 8.81. The van der Waals surface area contributed by atoms with Gasteiger partial charge in [0.1, 0.15) is 0 Å². The fourth-order valence-electron chi connectivity index (χ4n) is 1.66. The fraction of sp³-hybridized carbons (Fsp3) is 1.00. The standard InChI is InChI=1S/C8H19N3O2S/c1-10(4-3-9)5-8-6-11(7-8)14(2,12)13/h8H,3-7,9H2,1-2H3. The van der Waals surface area contributed by atoms with Gasteiger partial charge in [-0.25, -0.2) is 12.7 Å². The first-order valence-corrected chi connectivity index (χ1v) is 6.62. The molecule has 5 nitrogen and oxygen atoms in total. The molecule has 1 heterocycles. The van der Waals surface area contributed by atoms with Gasteiger partial charge in [-0.15, -0.1) is 0 Å². The van der Waals surface area contributed by atoms with Gasteiger partial charge in [0, 0.05) is 32.7 Å². The van der Waals surface area contributed by atoms with Crippen molar-refractivity contribution >= 4 is 10.0 Å². The minimum absolute atomic E-state index is 0.473. The van der Waals surface area contributed by atoms with Crippen molar-refractivity contribution in [3.63, 3.8) is 0 Å². The first-order chi connectivity index (χ1) is 6.43. The first-order valence-electron chi connectivity index (χ1n) is 4.77. The third kappa shape index (κ3) is 3.20. The molecule has 84 valence electrons. The van der Waals surface area contributed by atoms with Crippen LogP contribution in [-0.4, -0.2) is 63.7 Å². The van der Waals surface area contributed by atoms with Crippen LogP contribution in [0.3, 0.4) is 0 Å². The van der Waals surface area contributed by atoms with E-state index in [1.54, 1.807) is 0 Å². The highest BCUT2D eigenvalue weighted by Crippen LogP contribution is 2.18. The lowest BCUT2D eigenvalue weighted by molar-refractivity contribution is 0.150. The molecule has 2 N–H and O–H groups in total. The molecule has 0 aromatic rings. The molecule has 1 aliphatic rings. The van der Waals surface area contributed by atoms with Crippen LogP contribution in [0, 0.1) is 5.92 Å². The molecular weight excluding hydrogens is 202 g/mol. The second-order valence-corrected chi connectivity index (χ2v) is 5.98. The van der Waals surface area contributed by atoms with Gasteiger partial charge in [-0.2, -0.15) is 0 Å². The van der Waals surface area contributed by atoms with Crippen LogP contribution >= 0.6 is 0 Å². The van der Waals surface area contributed by atoms with Gasteiger partial charge < -0.3 is 10.6 Å². The summed E-state index contributed by atoms with van der Waals surface area (Å²) in [5.74, 6) is 0.473. The summed E-state index contributed by atoms with van der Waals surface area (Å²) in [4.78, 5) is 2.14. The van der Waals surface area contributed by atoms with E-state index in [-0.39, 0.29) is 0 Å². The minimum atomic E-state index is -2.96. The maximum atomic E-state index is 11.1. The van der Waals surface area contributed by atoms with Gasteiger partial charge in [0.2, 0.25) is 10.0 Å². The molecule has 0 spiro atoms. The number of hydrogen-bond donors (Lipinski definition) is 1. The molecule has 6 heteroatoms. The number of rotatable bonds is 5.